The lowest BCUT2D eigenvalue weighted by Gasteiger charge is -2.48. The molecule has 0 unspecified atom stereocenters. The van der Waals surface area contributed by atoms with E-state index in [-0.39, 0.29) is 17.7 Å². The van der Waals surface area contributed by atoms with Crippen molar-refractivity contribution >= 4 is 11.8 Å². The molecule has 2 amide bonds. The number of hydrogen-bond donors (Lipinski definition) is 2. The fraction of sp³-hybridized carbons (Fsp3) is 0.350. The molecule has 1 fully saturated rings. The largest absolute Gasteiger partial charge is 0.343 e. The number of hydrogen-bond acceptors (Lipinski definition) is 5. The molecule has 3 heterocycles. The van der Waals surface area contributed by atoms with E-state index in [1.165, 1.54) is 6.33 Å². The first-order chi connectivity index (χ1) is 13.8. The first-order valence-electron chi connectivity index (χ1n) is 9.46. The minimum absolute atomic E-state index is 0.107. The number of nitrogens with one attached hydrogen (secondary N) is 2. The molecule has 0 saturated carbocycles. The number of nitrogens with zero attached hydrogens (tertiary/aromatic N) is 5. The van der Waals surface area contributed by atoms with Gasteiger partial charge in [-0.1, -0.05) is 19.9 Å². The van der Waals surface area contributed by atoms with Crippen LogP contribution in [-0.4, -0.2) is 60.1 Å². The lowest BCUT2D eigenvalue weighted by Crippen LogP contribution is -2.69. The minimum Gasteiger partial charge on any atom is -0.343 e. The maximum atomic E-state index is 12.7. The van der Waals surface area contributed by atoms with Crippen molar-refractivity contribution in [1.29, 1.82) is 0 Å². The zero-order chi connectivity index (χ0) is 20.6. The number of rotatable bonds is 5. The van der Waals surface area contributed by atoms with Gasteiger partial charge in [0.05, 0.1) is 17.4 Å². The van der Waals surface area contributed by atoms with E-state index in [0.717, 1.165) is 11.5 Å². The first kappa shape index (κ1) is 18.9. The molecule has 0 bridgehead atoms. The van der Waals surface area contributed by atoms with E-state index in [9.17, 15) is 9.59 Å². The molecule has 1 aliphatic rings. The van der Waals surface area contributed by atoms with Crippen molar-refractivity contribution in [3.05, 3.63) is 60.2 Å². The van der Waals surface area contributed by atoms with E-state index >= 15 is 0 Å². The summed E-state index contributed by atoms with van der Waals surface area (Å²) in [6, 6.07) is 7.16. The molecule has 1 saturated heterocycles. The number of H-pyrrole nitrogens is 1. The summed E-state index contributed by atoms with van der Waals surface area (Å²) in [6.45, 7) is 6.84. The van der Waals surface area contributed by atoms with Crippen molar-refractivity contribution in [3.63, 3.8) is 0 Å². The fourth-order valence-corrected chi connectivity index (χ4v) is 3.41. The van der Waals surface area contributed by atoms with Gasteiger partial charge in [-0.3, -0.25) is 9.59 Å². The lowest BCUT2D eigenvalue weighted by molar-refractivity contribution is 0.0326. The molecule has 9 heteroatoms. The van der Waals surface area contributed by atoms with Crippen LogP contribution in [0.4, 0.5) is 0 Å². The van der Waals surface area contributed by atoms with Gasteiger partial charge in [-0.2, -0.15) is 5.10 Å². The van der Waals surface area contributed by atoms with E-state index in [4.69, 9.17) is 0 Å². The van der Waals surface area contributed by atoms with Gasteiger partial charge < -0.3 is 15.2 Å². The zero-order valence-corrected chi connectivity index (χ0v) is 16.6. The highest BCUT2D eigenvalue weighted by Crippen LogP contribution is 2.23. The van der Waals surface area contributed by atoms with Crippen molar-refractivity contribution in [2.24, 2.45) is 0 Å². The standard InChI is InChI=1S/C20H23N7O2/c1-13(2)17-22-8-16(24-17)19(29)26-9-20(3,10-26)25-18(28)14-5-4-6-15(7-14)27-12-21-11-23-27/h4-8,11-13H,9-10H2,1-3H3,(H,22,24)(H,25,28). The second-order valence-corrected chi connectivity index (χ2v) is 7.90. The van der Waals surface area contributed by atoms with Gasteiger partial charge >= 0.3 is 0 Å². The number of aromatic amines is 1. The summed E-state index contributed by atoms with van der Waals surface area (Å²) in [6.07, 6.45) is 4.59. The molecule has 150 valence electrons. The Kier molecular flexibility index (Phi) is 4.65. The Morgan fingerprint density at radius 2 is 2.07 bits per heavy atom. The average molecular weight is 393 g/mol. The van der Waals surface area contributed by atoms with Gasteiger partial charge in [0, 0.05) is 24.6 Å². The number of likely N-dealkylation sites (tertiary alicyclic amines) is 1. The van der Waals surface area contributed by atoms with Gasteiger partial charge in [0.25, 0.3) is 11.8 Å². The molecule has 0 atom stereocenters. The SMILES string of the molecule is CC(C)c1ncc(C(=O)N2CC(C)(NC(=O)c3cccc(-n4cncn4)c3)C2)[nH]1. The Bertz CT molecular complexity index is 1030. The summed E-state index contributed by atoms with van der Waals surface area (Å²) in [5.41, 5.74) is 1.28. The number of benzene rings is 1. The van der Waals surface area contributed by atoms with Crippen molar-refractivity contribution < 1.29 is 9.59 Å². The summed E-state index contributed by atoms with van der Waals surface area (Å²) in [7, 11) is 0. The molecule has 1 aliphatic heterocycles. The van der Waals surface area contributed by atoms with Crippen LogP contribution in [0.25, 0.3) is 5.69 Å². The van der Waals surface area contributed by atoms with Crippen LogP contribution in [0, 0.1) is 0 Å². The molecule has 0 aliphatic carbocycles. The smallest absolute Gasteiger partial charge is 0.272 e. The summed E-state index contributed by atoms with van der Waals surface area (Å²) in [5, 5.41) is 7.12. The molecule has 2 aromatic heterocycles. The zero-order valence-electron chi connectivity index (χ0n) is 16.6. The molecule has 29 heavy (non-hydrogen) atoms. The van der Waals surface area contributed by atoms with Crippen LogP contribution in [0.1, 0.15) is 53.4 Å². The third-order valence-corrected chi connectivity index (χ3v) is 4.95. The Hall–Kier alpha value is -3.49. The van der Waals surface area contributed by atoms with E-state index in [1.54, 1.807) is 40.3 Å². The van der Waals surface area contributed by atoms with Crippen LogP contribution >= 0.6 is 0 Å². The topological polar surface area (TPSA) is 109 Å². The number of aromatic nitrogens is 5. The van der Waals surface area contributed by atoms with Crippen molar-refractivity contribution in [3.8, 4) is 5.69 Å². The van der Waals surface area contributed by atoms with Gasteiger partial charge in [-0.25, -0.2) is 14.6 Å². The Balaban J connectivity index is 1.39. The molecule has 4 rings (SSSR count). The third-order valence-electron chi connectivity index (χ3n) is 4.95. The third kappa shape index (κ3) is 3.75. The quantitative estimate of drug-likeness (QED) is 0.687. The summed E-state index contributed by atoms with van der Waals surface area (Å²) in [5.74, 6) is 0.720. The monoisotopic (exact) mass is 393 g/mol. The second kappa shape index (κ2) is 7.16. The fourth-order valence-electron chi connectivity index (χ4n) is 3.41. The minimum atomic E-state index is -0.475. The number of carbonyl (C=O) groups excluding carboxylic acids is 2. The van der Waals surface area contributed by atoms with Gasteiger partial charge in [-0.15, -0.1) is 0 Å². The van der Waals surface area contributed by atoms with Crippen LogP contribution in [0.5, 0.6) is 0 Å². The lowest BCUT2D eigenvalue weighted by atomic mass is 9.91. The van der Waals surface area contributed by atoms with Crippen LogP contribution in [0.15, 0.2) is 43.1 Å². The Morgan fingerprint density at radius 1 is 1.28 bits per heavy atom. The molecule has 0 spiro atoms. The van der Waals surface area contributed by atoms with Gasteiger partial charge in [0.15, 0.2) is 0 Å². The first-order valence-corrected chi connectivity index (χ1v) is 9.46. The summed E-state index contributed by atoms with van der Waals surface area (Å²) < 4.78 is 1.60. The number of carbonyl (C=O) groups is 2. The Morgan fingerprint density at radius 3 is 2.72 bits per heavy atom. The predicted molar refractivity (Wildman–Crippen MR) is 106 cm³/mol. The molecule has 1 aromatic carbocycles. The van der Waals surface area contributed by atoms with Gasteiger partial charge in [0.1, 0.15) is 24.2 Å². The second-order valence-electron chi connectivity index (χ2n) is 7.90. The Labute approximate surface area is 168 Å². The molecule has 9 nitrogen and oxygen atoms in total. The number of amides is 2. The van der Waals surface area contributed by atoms with Crippen LogP contribution in [0.2, 0.25) is 0 Å². The molecule has 0 radical (unpaired) electrons. The molecular formula is C20H23N7O2. The molecule has 3 aromatic rings. The average Bonchev–Trinajstić information content (AvgIpc) is 3.37. The molecular weight excluding hydrogens is 370 g/mol. The number of imidazole rings is 1. The van der Waals surface area contributed by atoms with Crippen molar-refractivity contribution in [2.45, 2.75) is 32.2 Å². The van der Waals surface area contributed by atoms with Gasteiger partial charge in [-0.05, 0) is 25.1 Å². The highest BCUT2D eigenvalue weighted by atomic mass is 16.2. The van der Waals surface area contributed by atoms with Gasteiger partial charge in [0.2, 0.25) is 0 Å². The maximum absolute atomic E-state index is 12.7. The summed E-state index contributed by atoms with van der Waals surface area (Å²) >= 11 is 0. The van der Waals surface area contributed by atoms with E-state index < -0.39 is 5.54 Å². The van der Waals surface area contributed by atoms with Crippen molar-refractivity contribution in [1.82, 2.24) is 34.9 Å². The van der Waals surface area contributed by atoms with Crippen LogP contribution in [0.3, 0.4) is 0 Å². The maximum Gasteiger partial charge on any atom is 0.272 e. The van der Waals surface area contributed by atoms with Crippen molar-refractivity contribution in [2.75, 3.05) is 13.1 Å². The molecule has 2 N–H and O–H groups in total. The summed E-state index contributed by atoms with van der Waals surface area (Å²) in [4.78, 5) is 38.3. The van der Waals surface area contributed by atoms with Crippen LogP contribution in [-0.2, 0) is 0 Å². The highest BCUT2D eigenvalue weighted by Gasteiger charge is 2.43. The highest BCUT2D eigenvalue weighted by molar-refractivity contribution is 5.96. The normalized spacial score (nSPS) is 15.2. The predicted octanol–water partition coefficient (Wildman–Crippen LogP) is 1.76. The van der Waals surface area contributed by atoms with E-state index in [1.807, 2.05) is 26.8 Å². The van der Waals surface area contributed by atoms with E-state index in [2.05, 4.69) is 25.4 Å². The van der Waals surface area contributed by atoms with Crippen LogP contribution < -0.4 is 5.32 Å². The van der Waals surface area contributed by atoms with E-state index in [0.29, 0.717) is 24.3 Å².